The van der Waals surface area contributed by atoms with Gasteiger partial charge in [0.15, 0.2) is 0 Å². The predicted molar refractivity (Wildman–Crippen MR) is 61.2 cm³/mol. The number of nitrogens with two attached hydrogens (primary N) is 1. The van der Waals surface area contributed by atoms with Gasteiger partial charge in [-0.3, -0.25) is 0 Å². The van der Waals surface area contributed by atoms with Gasteiger partial charge in [-0.1, -0.05) is 0 Å². The predicted octanol–water partition coefficient (Wildman–Crippen LogP) is 0.233. The normalized spacial score (nSPS) is 10.7. The summed E-state index contributed by atoms with van der Waals surface area (Å²) in [5.41, 5.74) is 6.54. The van der Waals surface area contributed by atoms with Crippen LogP contribution >= 0.6 is 0 Å². The van der Waals surface area contributed by atoms with Crippen molar-refractivity contribution in [3.8, 4) is 0 Å². The van der Waals surface area contributed by atoms with Gasteiger partial charge in [-0.2, -0.15) is 0 Å². The molecule has 0 amide bonds. The zero-order valence-corrected chi connectivity index (χ0v) is 9.73. The molecule has 0 aliphatic heterocycles. The molecule has 5 nitrogen and oxygen atoms in total. The zero-order valence-electron chi connectivity index (χ0n) is 9.73. The standard InChI is InChI=1S/C10H20N4O/c1-9-8-14(6-7-15-3)10(12-9)13(2)5-4-11/h8H,4-7,11H2,1-3H3. The van der Waals surface area contributed by atoms with Gasteiger partial charge in [0.05, 0.1) is 12.3 Å². The summed E-state index contributed by atoms with van der Waals surface area (Å²) >= 11 is 0. The Morgan fingerprint density at radius 1 is 1.60 bits per heavy atom. The van der Waals surface area contributed by atoms with E-state index in [9.17, 15) is 0 Å². The molecule has 0 unspecified atom stereocenters. The highest BCUT2D eigenvalue weighted by atomic mass is 16.5. The second kappa shape index (κ2) is 5.72. The lowest BCUT2D eigenvalue weighted by Crippen LogP contribution is -2.28. The van der Waals surface area contributed by atoms with Crippen molar-refractivity contribution in [2.24, 2.45) is 5.73 Å². The number of hydrogen-bond acceptors (Lipinski definition) is 4. The van der Waals surface area contributed by atoms with Crippen molar-refractivity contribution in [1.29, 1.82) is 0 Å². The van der Waals surface area contributed by atoms with Gasteiger partial charge in [-0.15, -0.1) is 0 Å². The molecule has 1 heterocycles. The van der Waals surface area contributed by atoms with Crippen molar-refractivity contribution in [3.63, 3.8) is 0 Å². The van der Waals surface area contributed by atoms with E-state index in [1.807, 2.05) is 20.2 Å². The van der Waals surface area contributed by atoms with Gasteiger partial charge in [-0.05, 0) is 6.92 Å². The first-order valence-electron chi connectivity index (χ1n) is 5.13. The second-order valence-electron chi connectivity index (χ2n) is 3.58. The van der Waals surface area contributed by atoms with Crippen LogP contribution in [0.5, 0.6) is 0 Å². The van der Waals surface area contributed by atoms with E-state index in [2.05, 4.69) is 14.5 Å². The number of likely N-dealkylation sites (N-methyl/N-ethyl adjacent to an activating group) is 1. The molecule has 0 radical (unpaired) electrons. The topological polar surface area (TPSA) is 56.3 Å². The monoisotopic (exact) mass is 212 g/mol. The maximum atomic E-state index is 5.52. The number of ether oxygens (including phenoxy) is 1. The minimum Gasteiger partial charge on any atom is -0.383 e. The maximum absolute atomic E-state index is 5.52. The fraction of sp³-hybridized carbons (Fsp3) is 0.700. The summed E-state index contributed by atoms with van der Waals surface area (Å²) in [6, 6.07) is 0. The highest BCUT2D eigenvalue weighted by Crippen LogP contribution is 2.12. The minimum atomic E-state index is 0.632. The lowest BCUT2D eigenvalue weighted by atomic mass is 10.5. The van der Waals surface area contributed by atoms with Crippen LogP contribution in [0, 0.1) is 6.92 Å². The van der Waals surface area contributed by atoms with Gasteiger partial charge in [0, 0.05) is 40.0 Å². The minimum absolute atomic E-state index is 0.632. The average Bonchev–Trinajstić information content (AvgIpc) is 2.57. The van der Waals surface area contributed by atoms with E-state index in [-0.39, 0.29) is 0 Å². The SMILES string of the molecule is COCCn1cc(C)nc1N(C)CCN. The van der Waals surface area contributed by atoms with Crippen molar-refractivity contribution in [2.75, 3.05) is 38.8 Å². The molecule has 0 aliphatic carbocycles. The highest BCUT2D eigenvalue weighted by molar-refractivity contribution is 5.32. The Labute approximate surface area is 90.8 Å². The van der Waals surface area contributed by atoms with Gasteiger partial charge in [-0.25, -0.2) is 4.98 Å². The fourth-order valence-corrected chi connectivity index (χ4v) is 1.49. The number of rotatable bonds is 6. The third-order valence-electron chi connectivity index (χ3n) is 2.22. The number of nitrogens with zero attached hydrogens (tertiary/aromatic N) is 3. The van der Waals surface area contributed by atoms with E-state index >= 15 is 0 Å². The molecular weight excluding hydrogens is 192 g/mol. The molecular formula is C10H20N4O. The highest BCUT2D eigenvalue weighted by Gasteiger charge is 2.09. The van der Waals surface area contributed by atoms with Crippen LogP contribution in [0.25, 0.3) is 0 Å². The first kappa shape index (κ1) is 12.0. The molecule has 1 aromatic heterocycles. The first-order chi connectivity index (χ1) is 7.19. The number of aromatic nitrogens is 2. The number of aryl methyl sites for hydroxylation is 1. The van der Waals surface area contributed by atoms with Crippen LogP contribution in [0.15, 0.2) is 6.20 Å². The summed E-state index contributed by atoms with van der Waals surface area (Å²) in [7, 11) is 3.70. The van der Waals surface area contributed by atoms with Crippen molar-refractivity contribution in [2.45, 2.75) is 13.5 Å². The first-order valence-corrected chi connectivity index (χ1v) is 5.13. The van der Waals surface area contributed by atoms with E-state index in [4.69, 9.17) is 10.5 Å². The molecule has 0 fully saturated rings. The fourth-order valence-electron chi connectivity index (χ4n) is 1.49. The van der Waals surface area contributed by atoms with Crippen LogP contribution in [-0.4, -0.2) is 43.4 Å². The van der Waals surface area contributed by atoms with E-state index in [0.29, 0.717) is 13.2 Å². The van der Waals surface area contributed by atoms with Crippen LogP contribution < -0.4 is 10.6 Å². The Kier molecular flexibility index (Phi) is 4.58. The Morgan fingerprint density at radius 2 is 2.33 bits per heavy atom. The molecule has 0 spiro atoms. The third kappa shape index (κ3) is 3.21. The molecule has 0 aromatic carbocycles. The summed E-state index contributed by atoms with van der Waals surface area (Å²) < 4.78 is 7.15. The smallest absolute Gasteiger partial charge is 0.205 e. The number of imidazole rings is 1. The molecule has 0 saturated heterocycles. The maximum Gasteiger partial charge on any atom is 0.205 e. The quantitative estimate of drug-likeness (QED) is 0.733. The Bertz CT molecular complexity index is 298. The summed E-state index contributed by atoms with van der Waals surface area (Å²) in [5, 5.41) is 0. The Morgan fingerprint density at radius 3 is 2.93 bits per heavy atom. The summed E-state index contributed by atoms with van der Waals surface area (Å²) in [6.07, 6.45) is 2.03. The number of methoxy groups -OCH3 is 1. The molecule has 0 atom stereocenters. The molecule has 86 valence electrons. The molecule has 0 saturated carbocycles. The largest absolute Gasteiger partial charge is 0.383 e. The molecule has 2 N–H and O–H groups in total. The van der Waals surface area contributed by atoms with Crippen LogP contribution in [0.3, 0.4) is 0 Å². The van der Waals surface area contributed by atoms with Crippen molar-refractivity contribution < 1.29 is 4.74 Å². The van der Waals surface area contributed by atoms with E-state index < -0.39 is 0 Å². The van der Waals surface area contributed by atoms with Crippen LogP contribution in [0.4, 0.5) is 5.95 Å². The van der Waals surface area contributed by atoms with E-state index in [1.54, 1.807) is 7.11 Å². The lowest BCUT2D eigenvalue weighted by Gasteiger charge is -2.18. The molecule has 5 heteroatoms. The van der Waals surface area contributed by atoms with Gasteiger partial charge in [0.1, 0.15) is 0 Å². The van der Waals surface area contributed by atoms with Crippen molar-refractivity contribution in [1.82, 2.24) is 9.55 Å². The van der Waals surface area contributed by atoms with Crippen molar-refractivity contribution >= 4 is 5.95 Å². The van der Waals surface area contributed by atoms with Crippen LogP contribution in [0.2, 0.25) is 0 Å². The molecule has 1 rings (SSSR count). The van der Waals surface area contributed by atoms with E-state index in [0.717, 1.165) is 24.7 Å². The van der Waals surface area contributed by atoms with Gasteiger partial charge in [0.2, 0.25) is 5.95 Å². The second-order valence-corrected chi connectivity index (χ2v) is 3.58. The third-order valence-corrected chi connectivity index (χ3v) is 2.22. The zero-order chi connectivity index (χ0) is 11.3. The summed E-state index contributed by atoms with van der Waals surface area (Å²) in [4.78, 5) is 6.52. The Hall–Kier alpha value is -1.07. The molecule has 15 heavy (non-hydrogen) atoms. The van der Waals surface area contributed by atoms with Gasteiger partial charge >= 0.3 is 0 Å². The van der Waals surface area contributed by atoms with Gasteiger partial charge in [0.25, 0.3) is 0 Å². The Balaban J connectivity index is 2.75. The van der Waals surface area contributed by atoms with Crippen molar-refractivity contribution in [3.05, 3.63) is 11.9 Å². The molecule has 0 aliphatic rings. The molecule has 1 aromatic rings. The number of anilines is 1. The van der Waals surface area contributed by atoms with Crippen LogP contribution in [-0.2, 0) is 11.3 Å². The lowest BCUT2D eigenvalue weighted by molar-refractivity contribution is 0.187. The average molecular weight is 212 g/mol. The van der Waals surface area contributed by atoms with E-state index in [1.165, 1.54) is 0 Å². The van der Waals surface area contributed by atoms with Crippen LogP contribution in [0.1, 0.15) is 5.69 Å². The van der Waals surface area contributed by atoms with Gasteiger partial charge < -0.3 is 19.9 Å². The summed E-state index contributed by atoms with van der Waals surface area (Å²) in [6.45, 7) is 4.94. The summed E-state index contributed by atoms with van der Waals surface area (Å²) in [5.74, 6) is 0.954. The molecule has 0 bridgehead atoms. The number of hydrogen-bond donors (Lipinski definition) is 1.